The smallest absolute Gasteiger partial charge is 0.314 e. The lowest BCUT2D eigenvalue weighted by molar-refractivity contribution is -0.147. The van der Waals surface area contributed by atoms with Gasteiger partial charge in [-0.15, -0.1) is 5.16 Å². The van der Waals surface area contributed by atoms with Gasteiger partial charge in [-0.1, -0.05) is 80.6 Å². The van der Waals surface area contributed by atoms with Crippen LogP contribution in [-0.4, -0.2) is 24.0 Å². The molecule has 5 heteroatoms. The summed E-state index contributed by atoms with van der Waals surface area (Å²) in [4.78, 5) is 12.2. The lowest BCUT2D eigenvalue weighted by Gasteiger charge is -2.11. The molecular formula is C24H31NO4. The molecule has 1 N–H and O–H groups in total. The Hall–Kier alpha value is -2.82. The molecule has 2 aromatic carbocycles. The van der Waals surface area contributed by atoms with E-state index in [1.165, 1.54) is 6.21 Å². The number of esters is 1. The van der Waals surface area contributed by atoms with Crippen LogP contribution in [0.1, 0.15) is 50.5 Å². The van der Waals surface area contributed by atoms with E-state index in [1.807, 2.05) is 60.7 Å². The van der Waals surface area contributed by atoms with Crippen LogP contribution in [0.15, 0.2) is 65.8 Å². The van der Waals surface area contributed by atoms with Crippen molar-refractivity contribution in [3.05, 3.63) is 66.2 Å². The number of benzene rings is 2. The van der Waals surface area contributed by atoms with Gasteiger partial charge >= 0.3 is 5.97 Å². The highest BCUT2D eigenvalue weighted by Crippen LogP contribution is 2.15. The van der Waals surface area contributed by atoms with Gasteiger partial charge < -0.3 is 14.7 Å². The Balaban J connectivity index is 1.52. The number of nitrogens with zero attached hydrogens (tertiary/aromatic N) is 1. The first-order chi connectivity index (χ1) is 14.3. The molecule has 0 fully saturated rings. The number of ether oxygens (including phenoxy) is 2. The molecule has 29 heavy (non-hydrogen) atoms. The minimum atomic E-state index is -0.497. The quantitative estimate of drug-likeness (QED) is 0.148. The average Bonchev–Trinajstić information content (AvgIpc) is 2.77. The van der Waals surface area contributed by atoms with Crippen molar-refractivity contribution in [3.8, 4) is 5.75 Å². The summed E-state index contributed by atoms with van der Waals surface area (Å²) >= 11 is 0. The molecule has 0 saturated carbocycles. The number of unbranched alkanes of at least 4 members (excludes halogenated alkanes) is 5. The third-order valence-corrected chi connectivity index (χ3v) is 4.69. The highest BCUT2D eigenvalue weighted by molar-refractivity contribution is 5.89. The van der Waals surface area contributed by atoms with Gasteiger partial charge in [0, 0.05) is 0 Å². The molecule has 1 unspecified atom stereocenters. The van der Waals surface area contributed by atoms with Gasteiger partial charge in [-0.3, -0.25) is 4.79 Å². The van der Waals surface area contributed by atoms with Crippen molar-refractivity contribution in [2.24, 2.45) is 11.1 Å². The van der Waals surface area contributed by atoms with E-state index in [4.69, 9.17) is 14.7 Å². The Morgan fingerprint density at radius 3 is 2.21 bits per heavy atom. The molecule has 0 saturated heterocycles. The van der Waals surface area contributed by atoms with Crippen molar-refractivity contribution in [2.45, 2.75) is 51.6 Å². The Kier molecular flexibility index (Phi) is 11.0. The zero-order valence-electron chi connectivity index (χ0n) is 16.9. The number of para-hydroxylation sites is 1. The van der Waals surface area contributed by atoms with Gasteiger partial charge in [0.05, 0.1) is 18.7 Å². The predicted molar refractivity (Wildman–Crippen MR) is 114 cm³/mol. The van der Waals surface area contributed by atoms with E-state index < -0.39 is 5.92 Å². The third kappa shape index (κ3) is 9.79. The molecule has 0 spiro atoms. The monoisotopic (exact) mass is 397 g/mol. The van der Waals surface area contributed by atoms with Gasteiger partial charge in [0.2, 0.25) is 0 Å². The minimum absolute atomic E-state index is 0.237. The summed E-state index contributed by atoms with van der Waals surface area (Å²) in [6, 6.07) is 19.4. The second-order valence-corrected chi connectivity index (χ2v) is 7.04. The number of oxime groups is 1. The van der Waals surface area contributed by atoms with E-state index in [2.05, 4.69) is 5.16 Å². The fourth-order valence-corrected chi connectivity index (χ4v) is 3.05. The summed E-state index contributed by atoms with van der Waals surface area (Å²) in [6.07, 6.45) is 8.29. The summed E-state index contributed by atoms with van der Waals surface area (Å²) in [7, 11) is 0. The van der Waals surface area contributed by atoms with Crippen molar-refractivity contribution in [1.29, 1.82) is 0 Å². The first-order valence-corrected chi connectivity index (χ1v) is 10.4. The molecule has 156 valence electrons. The van der Waals surface area contributed by atoms with Crippen LogP contribution in [0.5, 0.6) is 5.75 Å². The van der Waals surface area contributed by atoms with Gasteiger partial charge in [0.25, 0.3) is 0 Å². The first-order valence-electron chi connectivity index (χ1n) is 10.4. The van der Waals surface area contributed by atoms with Crippen molar-refractivity contribution < 1.29 is 19.5 Å². The Bertz CT molecular complexity index is 703. The average molecular weight is 398 g/mol. The zero-order valence-corrected chi connectivity index (χ0v) is 16.9. The van der Waals surface area contributed by atoms with E-state index in [1.54, 1.807) is 0 Å². The summed E-state index contributed by atoms with van der Waals surface area (Å²) < 4.78 is 11.0. The lowest BCUT2D eigenvalue weighted by Crippen LogP contribution is -2.19. The molecule has 0 bridgehead atoms. The molecule has 2 rings (SSSR count). The third-order valence-electron chi connectivity index (χ3n) is 4.69. The molecule has 5 nitrogen and oxygen atoms in total. The zero-order chi connectivity index (χ0) is 20.6. The lowest BCUT2D eigenvalue weighted by atomic mass is 10.0. The second kappa shape index (κ2) is 14.2. The maximum atomic E-state index is 12.2. The van der Waals surface area contributed by atoms with Crippen LogP contribution in [0.4, 0.5) is 0 Å². The number of rotatable bonds is 14. The van der Waals surface area contributed by atoms with E-state index in [9.17, 15) is 4.79 Å². The normalized spacial score (nSPS) is 12.0. The number of carbonyl (C=O) groups excluding carboxylic acids is 1. The van der Waals surface area contributed by atoms with E-state index in [0.29, 0.717) is 6.42 Å². The molecule has 0 aliphatic carbocycles. The Morgan fingerprint density at radius 2 is 1.52 bits per heavy atom. The molecule has 0 aliphatic rings. The summed E-state index contributed by atoms with van der Waals surface area (Å²) in [6.45, 7) is 0.979. The van der Waals surface area contributed by atoms with Crippen molar-refractivity contribution in [3.63, 3.8) is 0 Å². The largest absolute Gasteiger partial charge is 0.494 e. The van der Waals surface area contributed by atoms with Crippen molar-refractivity contribution >= 4 is 12.2 Å². The van der Waals surface area contributed by atoms with Gasteiger partial charge in [-0.05, 0) is 30.5 Å². The van der Waals surface area contributed by atoms with Crippen LogP contribution in [0.25, 0.3) is 0 Å². The van der Waals surface area contributed by atoms with E-state index >= 15 is 0 Å². The van der Waals surface area contributed by atoms with Crippen LogP contribution in [-0.2, 0) is 16.1 Å². The number of hydrogen-bond acceptors (Lipinski definition) is 5. The number of carbonyl (C=O) groups is 1. The van der Waals surface area contributed by atoms with Crippen molar-refractivity contribution in [2.75, 3.05) is 6.61 Å². The predicted octanol–water partition coefficient (Wildman–Crippen LogP) is 5.62. The minimum Gasteiger partial charge on any atom is -0.494 e. The van der Waals surface area contributed by atoms with Gasteiger partial charge in [-0.25, -0.2) is 0 Å². The van der Waals surface area contributed by atoms with Gasteiger partial charge in [0.15, 0.2) is 0 Å². The van der Waals surface area contributed by atoms with Gasteiger partial charge in [0.1, 0.15) is 12.4 Å². The topological polar surface area (TPSA) is 68.1 Å². The summed E-state index contributed by atoms with van der Waals surface area (Å²) in [5.74, 6) is 0.0796. The molecule has 0 aliphatic heterocycles. The fourth-order valence-electron chi connectivity index (χ4n) is 3.05. The standard InChI is InChI=1S/C24H31NO4/c26-24(29-20-21-13-7-5-8-14-21)22(19-25-27)15-9-3-1-2-4-12-18-28-23-16-10-6-11-17-23/h5-8,10-11,13-14,16-17,19,22,27H,1-4,9,12,15,18,20H2/b25-19-. The molecule has 0 heterocycles. The summed E-state index contributed by atoms with van der Waals surface area (Å²) in [5, 5.41) is 11.9. The van der Waals surface area contributed by atoms with Crippen LogP contribution >= 0.6 is 0 Å². The molecule has 2 aromatic rings. The maximum Gasteiger partial charge on any atom is 0.314 e. The second-order valence-electron chi connectivity index (χ2n) is 7.04. The molecule has 1 atom stereocenters. The molecular weight excluding hydrogens is 366 g/mol. The summed E-state index contributed by atoms with van der Waals surface area (Å²) in [5.41, 5.74) is 0.941. The Morgan fingerprint density at radius 1 is 0.897 bits per heavy atom. The molecule has 0 amide bonds. The van der Waals surface area contributed by atoms with Crippen LogP contribution in [0.3, 0.4) is 0 Å². The van der Waals surface area contributed by atoms with E-state index in [-0.39, 0.29) is 12.6 Å². The first kappa shape index (κ1) is 22.5. The maximum absolute atomic E-state index is 12.2. The van der Waals surface area contributed by atoms with Crippen molar-refractivity contribution in [1.82, 2.24) is 0 Å². The fraction of sp³-hybridized carbons (Fsp3) is 0.417. The van der Waals surface area contributed by atoms with E-state index in [0.717, 1.165) is 56.4 Å². The van der Waals surface area contributed by atoms with Crippen LogP contribution in [0, 0.1) is 5.92 Å². The van der Waals surface area contributed by atoms with Gasteiger partial charge in [-0.2, -0.15) is 0 Å². The van der Waals surface area contributed by atoms with Crippen LogP contribution in [0.2, 0.25) is 0 Å². The molecule has 0 radical (unpaired) electrons. The highest BCUT2D eigenvalue weighted by Gasteiger charge is 2.18. The SMILES string of the molecule is O=C(OCc1ccccc1)C(/C=N\O)CCCCCCCCOc1ccccc1. The molecule has 0 aromatic heterocycles. The van der Waals surface area contributed by atoms with Crippen LogP contribution < -0.4 is 4.74 Å². The highest BCUT2D eigenvalue weighted by atomic mass is 16.5. The Labute approximate surface area is 173 Å². The number of hydrogen-bond donors (Lipinski definition) is 1.